The fourth-order valence-corrected chi connectivity index (χ4v) is 3.77. The first-order valence-corrected chi connectivity index (χ1v) is 9.47. The third-order valence-corrected chi connectivity index (χ3v) is 5.13. The summed E-state index contributed by atoms with van der Waals surface area (Å²) in [6, 6.07) is 18.7. The number of nitriles is 2. The number of thiazole rings is 1. The Hall–Kier alpha value is -3.61. The molecule has 138 valence electrons. The maximum atomic E-state index is 13.2. The number of rotatable bonds is 4. The molecule has 1 aromatic heterocycles. The van der Waals surface area contributed by atoms with E-state index < -0.39 is 0 Å². The first-order chi connectivity index (χ1) is 13.6. The summed E-state index contributed by atoms with van der Waals surface area (Å²) in [5.41, 5.74) is 2.09. The summed E-state index contributed by atoms with van der Waals surface area (Å²) in [5, 5.41) is 18.8. The number of benzene rings is 2. The highest BCUT2D eigenvalue weighted by Gasteiger charge is 2.14. The molecule has 0 radical (unpaired) electrons. The molecule has 0 aliphatic heterocycles. The van der Waals surface area contributed by atoms with Crippen molar-refractivity contribution in [1.82, 2.24) is 4.57 Å². The second-order valence-corrected chi connectivity index (χ2v) is 7.00. The van der Waals surface area contributed by atoms with E-state index in [2.05, 4.69) is 0 Å². The van der Waals surface area contributed by atoms with Crippen LogP contribution in [0, 0.1) is 29.6 Å². The molecule has 3 rings (SSSR count). The number of aromatic nitrogens is 1. The zero-order chi connectivity index (χ0) is 20.1. The molecule has 5 nitrogen and oxygen atoms in total. The number of hydrogen-bond acceptors (Lipinski definition) is 5. The van der Waals surface area contributed by atoms with Crippen molar-refractivity contribution in [2.24, 2.45) is 0 Å². The van der Waals surface area contributed by atoms with Crippen LogP contribution in [-0.2, 0) is 0 Å². The minimum Gasteiger partial charge on any atom is -0.492 e. The largest absolute Gasteiger partial charge is 0.492 e. The maximum absolute atomic E-state index is 13.2. The highest BCUT2D eigenvalue weighted by Crippen LogP contribution is 2.20. The van der Waals surface area contributed by atoms with E-state index >= 15 is 0 Å². The molecule has 0 saturated heterocycles. The van der Waals surface area contributed by atoms with Crippen molar-refractivity contribution in [2.75, 3.05) is 6.61 Å². The molecule has 3 aromatic rings. The van der Waals surface area contributed by atoms with E-state index in [1.807, 2.05) is 56.3 Å². The number of ether oxygens (including phenoxy) is 1. The van der Waals surface area contributed by atoms with E-state index in [1.165, 1.54) is 4.57 Å². The van der Waals surface area contributed by atoms with E-state index in [4.69, 9.17) is 4.74 Å². The number of hydrogen-bond donors (Lipinski definition) is 0. The monoisotopic (exact) mass is 387 g/mol. The molecule has 1 heterocycles. The molecule has 0 unspecified atom stereocenters. The summed E-state index contributed by atoms with van der Waals surface area (Å²) >= 11 is 1.12. The summed E-state index contributed by atoms with van der Waals surface area (Å²) in [6.07, 6.45) is 1.77. The number of nitrogens with zero attached hydrogens (tertiary/aromatic N) is 3. The van der Waals surface area contributed by atoms with Crippen LogP contribution < -0.4 is 19.5 Å². The lowest BCUT2D eigenvalue weighted by atomic mass is 10.1. The van der Waals surface area contributed by atoms with Gasteiger partial charge < -0.3 is 4.74 Å². The van der Waals surface area contributed by atoms with Crippen LogP contribution in [0.25, 0.3) is 17.3 Å². The van der Waals surface area contributed by atoms with Gasteiger partial charge in [0.2, 0.25) is 0 Å². The standard InChI is InChI=1S/C22H17N3O2S/c1-3-27-19-7-5-4-6-18(19)25-21(26)20(28-22(25)17(13-23)14-24)12-16-10-8-15(2)9-11-16/h4-12H,3H2,1-2H3/b20-12+. The first-order valence-electron chi connectivity index (χ1n) is 8.66. The Bertz CT molecular complexity index is 1250. The summed E-state index contributed by atoms with van der Waals surface area (Å²) < 4.78 is 7.77. The molecule has 0 fully saturated rings. The Labute approximate surface area is 166 Å². The molecule has 0 saturated carbocycles. The van der Waals surface area contributed by atoms with Crippen molar-refractivity contribution >= 4 is 23.0 Å². The van der Waals surface area contributed by atoms with Gasteiger partial charge in [0.05, 0.1) is 16.8 Å². The van der Waals surface area contributed by atoms with E-state index in [9.17, 15) is 15.3 Å². The van der Waals surface area contributed by atoms with Crippen molar-refractivity contribution in [3.8, 4) is 23.6 Å². The smallest absolute Gasteiger partial charge is 0.273 e. The lowest BCUT2D eigenvalue weighted by Gasteiger charge is -2.10. The molecule has 28 heavy (non-hydrogen) atoms. The van der Waals surface area contributed by atoms with Crippen LogP contribution in [-0.4, -0.2) is 11.2 Å². The van der Waals surface area contributed by atoms with Gasteiger partial charge in [-0.25, -0.2) is 0 Å². The zero-order valence-electron chi connectivity index (χ0n) is 15.5. The van der Waals surface area contributed by atoms with Crippen LogP contribution in [0.4, 0.5) is 0 Å². The van der Waals surface area contributed by atoms with Gasteiger partial charge in [0.15, 0.2) is 5.57 Å². The molecule has 0 aliphatic carbocycles. The Morgan fingerprint density at radius 2 is 1.82 bits per heavy atom. The molecule has 0 N–H and O–H groups in total. The van der Waals surface area contributed by atoms with Crippen molar-refractivity contribution in [1.29, 1.82) is 10.5 Å². The summed E-state index contributed by atoms with van der Waals surface area (Å²) in [5.74, 6) is 0.517. The van der Waals surface area contributed by atoms with Crippen molar-refractivity contribution in [3.63, 3.8) is 0 Å². The predicted octanol–water partition coefficient (Wildman–Crippen LogP) is 2.63. The van der Waals surface area contributed by atoms with E-state index in [1.54, 1.807) is 24.3 Å². The maximum Gasteiger partial charge on any atom is 0.273 e. The average Bonchev–Trinajstić information content (AvgIpc) is 3.01. The minimum atomic E-state index is -0.296. The molecular formula is C22H17N3O2S. The second-order valence-electron chi connectivity index (χ2n) is 5.97. The Morgan fingerprint density at radius 3 is 2.46 bits per heavy atom. The van der Waals surface area contributed by atoms with Crippen molar-refractivity contribution < 1.29 is 4.74 Å². The lowest BCUT2D eigenvalue weighted by molar-refractivity contribution is 0.339. The summed E-state index contributed by atoms with van der Waals surface area (Å²) in [6.45, 7) is 4.28. The van der Waals surface area contributed by atoms with E-state index in [-0.39, 0.29) is 11.1 Å². The van der Waals surface area contributed by atoms with Gasteiger partial charge in [-0.15, -0.1) is 11.3 Å². The molecule has 0 amide bonds. The van der Waals surface area contributed by atoms with Gasteiger partial charge in [-0.2, -0.15) is 10.5 Å². The van der Waals surface area contributed by atoms with Crippen molar-refractivity contribution in [2.45, 2.75) is 13.8 Å². The fourth-order valence-electron chi connectivity index (χ4n) is 2.72. The molecule has 6 heteroatoms. The van der Waals surface area contributed by atoms with Gasteiger partial charge in [-0.1, -0.05) is 42.0 Å². The van der Waals surface area contributed by atoms with Crippen LogP contribution in [0.3, 0.4) is 0 Å². The number of para-hydroxylation sites is 2. The highest BCUT2D eigenvalue weighted by molar-refractivity contribution is 7.07. The molecule has 0 atom stereocenters. The third-order valence-electron chi connectivity index (χ3n) is 4.04. The van der Waals surface area contributed by atoms with Gasteiger partial charge >= 0.3 is 0 Å². The van der Waals surface area contributed by atoms with Crippen LogP contribution in [0.2, 0.25) is 0 Å². The Morgan fingerprint density at radius 1 is 1.14 bits per heavy atom. The quantitative estimate of drug-likeness (QED) is 0.689. The molecular weight excluding hydrogens is 370 g/mol. The zero-order valence-corrected chi connectivity index (χ0v) is 16.3. The molecule has 0 aliphatic rings. The first kappa shape index (κ1) is 19.2. The van der Waals surface area contributed by atoms with Crippen LogP contribution >= 0.6 is 11.3 Å². The number of aryl methyl sites for hydroxylation is 1. The Balaban J connectivity index is 2.39. The fraction of sp³-hybridized carbons (Fsp3) is 0.136. The van der Waals surface area contributed by atoms with Gasteiger partial charge in [-0.05, 0) is 37.6 Å². The topological polar surface area (TPSA) is 78.8 Å². The summed E-state index contributed by atoms with van der Waals surface area (Å²) in [4.78, 5) is 13.2. The van der Waals surface area contributed by atoms with Gasteiger partial charge in [0, 0.05) is 0 Å². The average molecular weight is 387 g/mol. The minimum absolute atomic E-state index is 0.114. The Kier molecular flexibility index (Phi) is 5.74. The van der Waals surface area contributed by atoms with E-state index in [0.29, 0.717) is 27.2 Å². The normalized spacial score (nSPS) is 10.9. The SMILES string of the molecule is CCOc1ccccc1-n1c(=C(C#N)C#N)s/c(=C/c2ccc(C)cc2)c1=O. The predicted molar refractivity (Wildman–Crippen MR) is 110 cm³/mol. The molecule has 0 spiro atoms. The highest BCUT2D eigenvalue weighted by atomic mass is 32.1. The van der Waals surface area contributed by atoms with Crippen molar-refractivity contribution in [3.05, 3.63) is 79.2 Å². The van der Waals surface area contributed by atoms with Crippen LogP contribution in [0.15, 0.2) is 53.3 Å². The summed E-state index contributed by atoms with van der Waals surface area (Å²) in [7, 11) is 0. The van der Waals surface area contributed by atoms with Crippen LogP contribution in [0.1, 0.15) is 18.1 Å². The van der Waals surface area contributed by atoms with E-state index in [0.717, 1.165) is 22.5 Å². The van der Waals surface area contributed by atoms with Gasteiger partial charge in [0.25, 0.3) is 5.56 Å². The van der Waals surface area contributed by atoms with Gasteiger partial charge in [-0.3, -0.25) is 9.36 Å². The third kappa shape index (κ3) is 3.73. The lowest BCUT2D eigenvalue weighted by Crippen LogP contribution is -2.31. The van der Waals surface area contributed by atoms with Crippen LogP contribution in [0.5, 0.6) is 5.75 Å². The van der Waals surface area contributed by atoms with Gasteiger partial charge in [0.1, 0.15) is 22.6 Å². The second kappa shape index (κ2) is 8.39. The molecule has 2 aromatic carbocycles. The molecule has 0 bridgehead atoms.